The fourth-order valence-corrected chi connectivity index (χ4v) is 3.87. The highest BCUT2D eigenvalue weighted by molar-refractivity contribution is 5.90. The summed E-state index contributed by atoms with van der Waals surface area (Å²) in [5, 5.41) is 3.11. The first-order valence-corrected chi connectivity index (χ1v) is 13.4. The molecule has 0 unspecified atom stereocenters. The number of hydrogen-bond acceptors (Lipinski definition) is 5. The maximum Gasteiger partial charge on any atom is 0.338 e. The van der Waals surface area contributed by atoms with Crippen LogP contribution in [-0.4, -0.2) is 31.7 Å². The van der Waals surface area contributed by atoms with Crippen molar-refractivity contribution in [2.45, 2.75) is 110 Å². The zero-order chi connectivity index (χ0) is 24.9. The molecule has 0 spiro atoms. The number of rotatable bonds is 21. The summed E-state index contributed by atoms with van der Waals surface area (Å²) in [7, 11) is 0. The van der Waals surface area contributed by atoms with Gasteiger partial charge in [-0.05, 0) is 31.5 Å². The van der Waals surface area contributed by atoms with Crippen molar-refractivity contribution in [3.63, 3.8) is 0 Å². The Balaban J connectivity index is 2.05. The summed E-state index contributed by atoms with van der Waals surface area (Å²) in [5.41, 5.74) is 0.515. The number of hydrogen-bond donors (Lipinski definition) is 1. The molecule has 0 saturated carbocycles. The van der Waals surface area contributed by atoms with Crippen molar-refractivity contribution in [1.29, 1.82) is 0 Å². The lowest BCUT2D eigenvalue weighted by Gasteiger charge is -2.09. The van der Waals surface area contributed by atoms with E-state index in [9.17, 15) is 14.0 Å². The maximum absolute atomic E-state index is 14.3. The van der Waals surface area contributed by atoms with E-state index in [0.717, 1.165) is 12.8 Å². The molecule has 0 fully saturated rings. The van der Waals surface area contributed by atoms with E-state index < -0.39 is 17.8 Å². The van der Waals surface area contributed by atoms with Gasteiger partial charge in [0.25, 0.3) is 0 Å². The number of unbranched alkanes of at least 4 members (excludes halogenated alkanes) is 13. The summed E-state index contributed by atoms with van der Waals surface area (Å²) in [4.78, 5) is 23.3. The molecule has 34 heavy (non-hydrogen) atoms. The first-order chi connectivity index (χ1) is 16.6. The lowest BCUT2D eigenvalue weighted by molar-refractivity contribution is -0.143. The number of carbonyl (C=O) groups excluding carboxylic acids is 2. The standard InChI is InChI=1S/C28H46FNO4/c1-3-5-6-7-8-9-10-11-12-13-14-15-16-17-21-30-26-19-18-24(23-25(26)29)28(32)34-22-20-27(31)33-4-2/h18-19,23,30H,3-17,20-22H2,1-2H3. The number of esters is 2. The Hall–Kier alpha value is -2.11. The zero-order valence-electron chi connectivity index (χ0n) is 21.5. The van der Waals surface area contributed by atoms with E-state index in [0.29, 0.717) is 12.2 Å². The van der Waals surface area contributed by atoms with Crippen LogP contribution in [-0.2, 0) is 14.3 Å². The van der Waals surface area contributed by atoms with E-state index in [1.54, 1.807) is 13.0 Å². The Kier molecular flexibility index (Phi) is 17.8. The summed E-state index contributed by atoms with van der Waals surface area (Å²) in [6, 6.07) is 4.25. The number of nitrogens with one attached hydrogen (secondary N) is 1. The molecular weight excluding hydrogens is 433 g/mol. The second-order valence-corrected chi connectivity index (χ2v) is 8.91. The average Bonchev–Trinajstić information content (AvgIpc) is 2.82. The number of carbonyl (C=O) groups is 2. The smallest absolute Gasteiger partial charge is 0.338 e. The first-order valence-electron chi connectivity index (χ1n) is 13.4. The second-order valence-electron chi connectivity index (χ2n) is 8.91. The van der Waals surface area contributed by atoms with E-state index in [2.05, 4.69) is 12.2 Å². The molecule has 0 aliphatic heterocycles. The van der Waals surface area contributed by atoms with Crippen LogP contribution >= 0.6 is 0 Å². The van der Waals surface area contributed by atoms with Crippen LogP contribution in [0, 0.1) is 5.82 Å². The van der Waals surface area contributed by atoms with Crippen molar-refractivity contribution in [2.24, 2.45) is 0 Å². The minimum absolute atomic E-state index is 0.0130. The molecule has 5 nitrogen and oxygen atoms in total. The van der Waals surface area contributed by atoms with Gasteiger partial charge < -0.3 is 14.8 Å². The van der Waals surface area contributed by atoms with Gasteiger partial charge in [-0.25, -0.2) is 9.18 Å². The molecule has 0 atom stereocenters. The molecule has 0 radical (unpaired) electrons. The highest BCUT2D eigenvalue weighted by atomic mass is 19.1. The second kappa shape index (κ2) is 20.3. The molecule has 0 bridgehead atoms. The summed E-state index contributed by atoms with van der Waals surface area (Å²) < 4.78 is 24.1. The molecule has 1 aromatic carbocycles. The van der Waals surface area contributed by atoms with E-state index in [1.165, 1.54) is 89.2 Å². The molecule has 6 heteroatoms. The van der Waals surface area contributed by atoms with Crippen molar-refractivity contribution < 1.29 is 23.5 Å². The molecule has 0 aliphatic carbocycles. The average molecular weight is 480 g/mol. The Morgan fingerprint density at radius 1 is 0.794 bits per heavy atom. The van der Waals surface area contributed by atoms with Crippen LogP contribution < -0.4 is 5.32 Å². The van der Waals surface area contributed by atoms with Gasteiger partial charge in [0.2, 0.25) is 0 Å². The van der Waals surface area contributed by atoms with Crippen molar-refractivity contribution in [1.82, 2.24) is 0 Å². The Bertz CT molecular complexity index is 680. The quantitative estimate of drug-likeness (QED) is 0.144. The van der Waals surface area contributed by atoms with Crippen LogP contribution in [0.1, 0.15) is 121 Å². The molecule has 1 rings (SSSR count). The third-order valence-corrected chi connectivity index (χ3v) is 5.90. The number of anilines is 1. The fraction of sp³-hybridized carbons (Fsp3) is 0.714. The normalized spacial score (nSPS) is 10.8. The molecular formula is C28H46FNO4. The number of halogens is 1. The van der Waals surface area contributed by atoms with Crippen molar-refractivity contribution in [3.05, 3.63) is 29.6 Å². The van der Waals surface area contributed by atoms with E-state index in [4.69, 9.17) is 9.47 Å². The van der Waals surface area contributed by atoms with E-state index in [-0.39, 0.29) is 25.2 Å². The van der Waals surface area contributed by atoms with Crippen LogP contribution in [0.3, 0.4) is 0 Å². The van der Waals surface area contributed by atoms with Gasteiger partial charge in [0.15, 0.2) is 0 Å². The molecule has 0 heterocycles. The van der Waals surface area contributed by atoms with Gasteiger partial charge in [0.1, 0.15) is 12.4 Å². The predicted molar refractivity (Wildman–Crippen MR) is 137 cm³/mol. The minimum atomic E-state index is -0.651. The number of ether oxygens (including phenoxy) is 2. The summed E-state index contributed by atoms with van der Waals surface area (Å²) >= 11 is 0. The molecule has 0 aliphatic rings. The molecule has 0 saturated heterocycles. The highest BCUT2D eigenvalue weighted by Crippen LogP contribution is 2.17. The van der Waals surface area contributed by atoms with Gasteiger partial charge in [-0.1, -0.05) is 90.4 Å². The lowest BCUT2D eigenvalue weighted by Crippen LogP contribution is -2.12. The SMILES string of the molecule is CCCCCCCCCCCCCCCCNc1ccc(C(=O)OCCC(=O)OCC)cc1F. The van der Waals surface area contributed by atoms with Gasteiger partial charge in [-0.2, -0.15) is 0 Å². The van der Waals surface area contributed by atoms with Crippen LogP contribution in [0.25, 0.3) is 0 Å². The third-order valence-electron chi connectivity index (χ3n) is 5.90. The third kappa shape index (κ3) is 14.9. The lowest BCUT2D eigenvalue weighted by atomic mass is 10.0. The van der Waals surface area contributed by atoms with Crippen molar-refractivity contribution in [3.8, 4) is 0 Å². The van der Waals surface area contributed by atoms with Gasteiger partial charge in [0, 0.05) is 6.54 Å². The molecule has 0 amide bonds. The zero-order valence-corrected chi connectivity index (χ0v) is 21.5. The van der Waals surface area contributed by atoms with Crippen molar-refractivity contribution in [2.75, 3.05) is 25.1 Å². The predicted octanol–water partition coefficient (Wildman–Crippen LogP) is 7.83. The minimum Gasteiger partial charge on any atom is -0.466 e. The Morgan fingerprint density at radius 2 is 1.35 bits per heavy atom. The first kappa shape index (κ1) is 29.9. The topological polar surface area (TPSA) is 64.6 Å². The van der Waals surface area contributed by atoms with Crippen LogP contribution in [0.4, 0.5) is 10.1 Å². The summed E-state index contributed by atoms with van der Waals surface area (Å²) in [6.07, 6.45) is 18.3. The van der Waals surface area contributed by atoms with Crippen LogP contribution in [0.15, 0.2) is 18.2 Å². The molecule has 1 N–H and O–H groups in total. The van der Waals surface area contributed by atoms with Crippen LogP contribution in [0.2, 0.25) is 0 Å². The maximum atomic E-state index is 14.3. The summed E-state index contributed by atoms with van der Waals surface area (Å²) in [5.74, 6) is -1.56. The molecule has 194 valence electrons. The van der Waals surface area contributed by atoms with E-state index in [1.807, 2.05) is 0 Å². The van der Waals surface area contributed by atoms with Gasteiger partial charge in [0.05, 0.1) is 24.3 Å². The molecule has 1 aromatic rings. The van der Waals surface area contributed by atoms with Crippen molar-refractivity contribution >= 4 is 17.6 Å². The largest absolute Gasteiger partial charge is 0.466 e. The van der Waals surface area contributed by atoms with Gasteiger partial charge in [-0.15, -0.1) is 0 Å². The summed E-state index contributed by atoms with van der Waals surface area (Å²) in [6.45, 7) is 4.88. The fourth-order valence-electron chi connectivity index (χ4n) is 3.87. The Morgan fingerprint density at radius 3 is 1.88 bits per heavy atom. The van der Waals surface area contributed by atoms with Gasteiger partial charge >= 0.3 is 11.9 Å². The Labute approximate surface area is 206 Å². The number of benzene rings is 1. The van der Waals surface area contributed by atoms with Crippen LogP contribution in [0.5, 0.6) is 0 Å². The monoisotopic (exact) mass is 479 g/mol. The highest BCUT2D eigenvalue weighted by Gasteiger charge is 2.12. The van der Waals surface area contributed by atoms with Gasteiger partial charge in [-0.3, -0.25) is 4.79 Å². The van der Waals surface area contributed by atoms with E-state index >= 15 is 0 Å². The molecule has 0 aromatic heterocycles.